The Bertz CT molecular complexity index is 1370. The highest BCUT2D eigenvalue weighted by molar-refractivity contribution is 6.00. The quantitative estimate of drug-likeness (QED) is 0.403. The number of hydrogen-bond acceptors (Lipinski definition) is 4. The average molecular weight is 472 g/mol. The molecule has 4 aromatic rings. The van der Waals surface area contributed by atoms with Gasteiger partial charge in [0.2, 0.25) is 5.60 Å². The average Bonchev–Trinajstić information content (AvgIpc) is 3.26. The molecule has 1 atom stereocenters. The first-order valence-corrected chi connectivity index (χ1v) is 10.3. The molecular formula is C24H20F4N4O2. The minimum Gasteiger partial charge on any atom is -0.375 e. The molecule has 10 heteroatoms. The number of aliphatic hydroxyl groups is 1. The number of pyridine rings is 1. The van der Waals surface area contributed by atoms with Crippen LogP contribution in [0.4, 0.5) is 17.6 Å². The Kier molecular flexibility index (Phi) is 5.86. The minimum absolute atomic E-state index is 0.0204. The molecule has 176 valence electrons. The number of primary amides is 1. The van der Waals surface area contributed by atoms with E-state index in [-0.39, 0.29) is 12.2 Å². The summed E-state index contributed by atoms with van der Waals surface area (Å²) in [6.45, 7) is 1.38. The Labute approximate surface area is 191 Å². The van der Waals surface area contributed by atoms with Crippen molar-refractivity contribution in [3.8, 4) is 11.1 Å². The van der Waals surface area contributed by atoms with Crippen molar-refractivity contribution >= 4 is 16.8 Å². The van der Waals surface area contributed by atoms with E-state index in [1.54, 1.807) is 30.3 Å². The van der Waals surface area contributed by atoms with Crippen LogP contribution in [0.25, 0.3) is 22.0 Å². The number of benzene rings is 2. The zero-order valence-corrected chi connectivity index (χ0v) is 18.0. The van der Waals surface area contributed by atoms with Crippen LogP contribution in [0, 0.1) is 5.82 Å². The van der Waals surface area contributed by atoms with E-state index in [4.69, 9.17) is 5.73 Å². The first kappa shape index (κ1) is 23.4. The van der Waals surface area contributed by atoms with Crippen molar-refractivity contribution < 1.29 is 27.5 Å². The molecular weight excluding hydrogens is 452 g/mol. The Morgan fingerprint density at radius 1 is 1.12 bits per heavy atom. The maximum atomic E-state index is 13.4. The summed E-state index contributed by atoms with van der Waals surface area (Å²) >= 11 is 0. The lowest BCUT2D eigenvalue weighted by molar-refractivity contribution is -0.269. The Hall–Kier alpha value is -3.79. The molecule has 2 aromatic heterocycles. The van der Waals surface area contributed by atoms with Crippen LogP contribution in [-0.4, -0.2) is 31.7 Å². The lowest BCUT2D eigenvalue weighted by atomic mass is 9.96. The molecule has 0 unspecified atom stereocenters. The van der Waals surface area contributed by atoms with Crippen LogP contribution >= 0.6 is 0 Å². The van der Waals surface area contributed by atoms with Crippen molar-refractivity contribution in [2.24, 2.45) is 5.73 Å². The largest absolute Gasteiger partial charge is 0.423 e. The minimum atomic E-state index is -4.87. The molecule has 3 N–H and O–H groups in total. The first-order chi connectivity index (χ1) is 16.0. The van der Waals surface area contributed by atoms with E-state index < -0.39 is 35.6 Å². The smallest absolute Gasteiger partial charge is 0.375 e. The van der Waals surface area contributed by atoms with Crippen LogP contribution in [0.15, 0.2) is 61.1 Å². The molecule has 0 bridgehead atoms. The van der Waals surface area contributed by atoms with Crippen molar-refractivity contribution in [1.29, 1.82) is 0 Å². The predicted molar refractivity (Wildman–Crippen MR) is 117 cm³/mol. The van der Waals surface area contributed by atoms with Gasteiger partial charge in [-0.05, 0) is 47.4 Å². The van der Waals surface area contributed by atoms with Gasteiger partial charge in [-0.15, -0.1) is 0 Å². The highest BCUT2D eigenvalue weighted by Gasteiger charge is 2.55. The third kappa shape index (κ3) is 4.24. The number of rotatable bonds is 6. The van der Waals surface area contributed by atoms with E-state index in [0.29, 0.717) is 27.6 Å². The van der Waals surface area contributed by atoms with E-state index in [1.807, 2.05) is 0 Å². The van der Waals surface area contributed by atoms with Gasteiger partial charge in [-0.25, -0.2) is 14.4 Å². The number of hydrogen-bond donors (Lipinski definition) is 2. The van der Waals surface area contributed by atoms with Gasteiger partial charge >= 0.3 is 6.18 Å². The van der Waals surface area contributed by atoms with Crippen molar-refractivity contribution in [2.45, 2.75) is 31.7 Å². The second-order valence-electron chi connectivity index (χ2n) is 7.92. The highest BCUT2D eigenvalue weighted by atomic mass is 19.4. The Morgan fingerprint density at radius 3 is 2.44 bits per heavy atom. The third-order valence-electron chi connectivity index (χ3n) is 5.68. The van der Waals surface area contributed by atoms with Gasteiger partial charge in [-0.2, -0.15) is 13.2 Å². The van der Waals surface area contributed by atoms with Crippen molar-refractivity contribution in [3.63, 3.8) is 0 Å². The monoisotopic (exact) mass is 472 g/mol. The maximum Gasteiger partial charge on any atom is 0.423 e. The fourth-order valence-electron chi connectivity index (χ4n) is 3.76. The third-order valence-corrected chi connectivity index (χ3v) is 5.68. The van der Waals surface area contributed by atoms with E-state index in [2.05, 4.69) is 9.97 Å². The van der Waals surface area contributed by atoms with Gasteiger partial charge in [0.15, 0.2) is 0 Å². The van der Waals surface area contributed by atoms with Crippen molar-refractivity contribution in [3.05, 3.63) is 83.8 Å². The maximum absolute atomic E-state index is 13.4. The number of nitrogens with zero attached hydrogens (tertiary/aromatic N) is 3. The van der Waals surface area contributed by atoms with Crippen molar-refractivity contribution in [2.75, 3.05) is 0 Å². The topological polar surface area (TPSA) is 94.0 Å². The molecule has 0 saturated heterocycles. The lowest BCUT2D eigenvalue weighted by Crippen LogP contribution is -2.42. The Morgan fingerprint density at radius 2 is 1.82 bits per heavy atom. The number of aromatic nitrogens is 3. The van der Waals surface area contributed by atoms with Crippen LogP contribution in [0.3, 0.4) is 0 Å². The molecule has 4 rings (SSSR count). The predicted octanol–water partition coefficient (Wildman–Crippen LogP) is 4.54. The fraction of sp³-hybridized carbons (Fsp3) is 0.208. The van der Waals surface area contributed by atoms with Gasteiger partial charge in [0, 0.05) is 18.1 Å². The summed E-state index contributed by atoms with van der Waals surface area (Å²) < 4.78 is 54.8. The molecule has 0 fully saturated rings. The number of amides is 1. The number of carbonyl (C=O) groups is 1. The number of imidazole rings is 1. The van der Waals surface area contributed by atoms with Crippen molar-refractivity contribution in [1.82, 2.24) is 14.5 Å². The lowest BCUT2D eigenvalue weighted by Gasteiger charge is -2.27. The zero-order chi connectivity index (χ0) is 24.7. The number of carbonyl (C=O) groups excluding carboxylic acids is 1. The number of nitrogens with two attached hydrogens (primary N) is 1. The van der Waals surface area contributed by atoms with Gasteiger partial charge in [-0.1, -0.05) is 31.2 Å². The number of fused-ring (bicyclic) bond motifs is 1. The Balaban J connectivity index is 1.73. The van der Waals surface area contributed by atoms with Crippen LogP contribution in [0.5, 0.6) is 0 Å². The normalized spacial score (nSPS) is 13.7. The van der Waals surface area contributed by atoms with E-state index in [1.165, 1.54) is 36.0 Å². The zero-order valence-electron chi connectivity index (χ0n) is 18.0. The van der Waals surface area contributed by atoms with Gasteiger partial charge in [0.25, 0.3) is 5.91 Å². The molecule has 0 saturated carbocycles. The molecule has 2 heterocycles. The van der Waals surface area contributed by atoms with Gasteiger partial charge in [0.1, 0.15) is 11.5 Å². The summed E-state index contributed by atoms with van der Waals surface area (Å²) in [5.74, 6) is -1.14. The van der Waals surface area contributed by atoms with Crippen LogP contribution in [0.2, 0.25) is 0 Å². The van der Waals surface area contributed by atoms with Crippen LogP contribution in [-0.2, 0) is 12.1 Å². The molecule has 1 amide bonds. The summed E-state index contributed by atoms with van der Waals surface area (Å²) in [5, 5.41) is 10.8. The second-order valence-corrected chi connectivity index (χ2v) is 7.92. The van der Waals surface area contributed by atoms with Gasteiger partial charge in [-0.3, -0.25) is 4.79 Å². The van der Waals surface area contributed by atoms with E-state index >= 15 is 0 Å². The number of alkyl halides is 3. The SMILES string of the molecule is CC[C@@](O)(c1cn(Cc2ccc3c(-c4ccc(F)cc4)cc(C(N)=O)nc3c2)cn1)C(F)(F)F. The molecule has 0 aliphatic rings. The molecule has 0 aliphatic carbocycles. The molecule has 6 nitrogen and oxygen atoms in total. The second kappa shape index (κ2) is 8.53. The summed E-state index contributed by atoms with van der Waals surface area (Å²) in [4.78, 5) is 19.9. The summed E-state index contributed by atoms with van der Waals surface area (Å²) in [6, 6.07) is 12.5. The molecule has 0 radical (unpaired) electrons. The van der Waals surface area contributed by atoms with Crippen LogP contribution in [0.1, 0.15) is 35.1 Å². The fourth-order valence-corrected chi connectivity index (χ4v) is 3.76. The van der Waals surface area contributed by atoms with E-state index in [9.17, 15) is 27.5 Å². The number of halogens is 4. The van der Waals surface area contributed by atoms with E-state index in [0.717, 1.165) is 6.20 Å². The van der Waals surface area contributed by atoms with Crippen LogP contribution < -0.4 is 5.73 Å². The van der Waals surface area contributed by atoms with Gasteiger partial charge in [0.05, 0.1) is 17.5 Å². The highest BCUT2D eigenvalue weighted by Crippen LogP contribution is 2.40. The molecule has 0 spiro atoms. The van der Waals surface area contributed by atoms with Gasteiger partial charge < -0.3 is 15.4 Å². The molecule has 34 heavy (non-hydrogen) atoms. The first-order valence-electron chi connectivity index (χ1n) is 10.3. The molecule has 2 aromatic carbocycles. The molecule has 0 aliphatic heterocycles. The summed E-state index contributed by atoms with van der Waals surface area (Å²) in [7, 11) is 0. The summed E-state index contributed by atoms with van der Waals surface area (Å²) in [6.07, 6.45) is -3.08. The standard InChI is InChI=1S/C24H20F4N4O2/c1-2-23(34,24(26,27)28)21-12-32(13-30-21)11-14-3-8-17-18(15-4-6-16(25)7-5-15)10-20(22(29)33)31-19(17)9-14/h3-10,12-13,34H,2,11H2,1H3,(H2,29,33)/t23-/m1/s1. The summed E-state index contributed by atoms with van der Waals surface area (Å²) in [5.41, 5.74) is 4.33.